The standard InChI is InChI=1S/C26H27F5N2O4/c27-24(28)37-22-3-1-2-19(14-22)23(34)13-17-12-20(18-4-6-21(7-5-18)26(29,30)31)16-33(15-17)25(35)32-8-10-36-11-9-32/h1-7,14,17,20,24H,8-13,15-16H2. The number of halogens is 5. The minimum Gasteiger partial charge on any atom is -0.435 e. The number of Topliss-reactive ketones (excluding diaryl/α,β-unsaturated/α-hetero) is 1. The van der Waals surface area contributed by atoms with E-state index in [1.54, 1.807) is 9.80 Å². The lowest BCUT2D eigenvalue weighted by molar-refractivity contribution is -0.137. The van der Waals surface area contributed by atoms with E-state index in [9.17, 15) is 31.5 Å². The predicted molar refractivity (Wildman–Crippen MR) is 124 cm³/mol. The predicted octanol–water partition coefficient (Wildman–Crippen LogP) is 5.44. The topological polar surface area (TPSA) is 59.1 Å². The first kappa shape index (κ1) is 26.8. The van der Waals surface area contributed by atoms with Gasteiger partial charge in [0, 0.05) is 44.1 Å². The Bertz CT molecular complexity index is 1090. The van der Waals surface area contributed by atoms with Crippen LogP contribution in [0, 0.1) is 5.92 Å². The summed E-state index contributed by atoms with van der Waals surface area (Å²) in [5.74, 6) is -0.974. The van der Waals surface area contributed by atoms with Crippen LogP contribution < -0.4 is 4.74 Å². The Morgan fingerprint density at radius 2 is 1.70 bits per heavy atom. The van der Waals surface area contributed by atoms with Gasteiger partial charge in [-0.15, -0.1) is 0 Å². The molecule has 2 saturated heterocycles. The van der Waals surface area contributed by atoms with Crippen LogP contribution in [0.25, 0.3) is 0 Å². The highest BCUT2D eigenvalue weighted by Crippen LogP contribution is 2.35. The van der Waals surface area contributed by atoms with Gasteiger partial charge in [0.1, 0.15) is 5.75 Å². The maximum absolute atomic E-state index is 13.2. The summed E-state index contributed by atoms with van der Waals surface area (Å²) >= 11 is 0. The molecule has 2 atom stereocenters. The number of ether oxygens (including phenoxy) is 2. The smallest absolute Gasteiger partial charge is 0.416 e. The highest BCUT2D eigenvalue weighted by atomic mass is 19.4. The molecule has 2 aromatic carbocycles. The first-order chi connectivity index (χ1) is 17.6. The van der Waals surface area contributed by atoms with Gasteiger partial charge in [0.25, 0.3) is 0 Å². The van der Waals surface area contributed by atoms with Crippen LogP contribution in [0.5, 0.6) is 5.75 Å². The first-order valence-corrected chi connectivity index (χ1v) is 12.0. The van der Waals surface area contributed by atoms with Crippen molar-refractivity contribution >= 4 is 11.8 Å². The van der Waals surface area contributed by atoms with Crippen molar-refractivity contribution in [1.82, 2.24) is 9.80 Å². The van der Waals surface area contributed by atoms with E-state index in [4.69, 9.17) is 4.74 Å². The molecule has 2 amide bonds. The maximum Gasteiger partial charge on any atom is 0.416 e. The van der Waals surface area contributed by atoms with Crippen molar-refractivity contribution in [2.75, 3.05) is 39.4 Å². The molecule has 0 saturated carbocycles. The monoisotopic (exact) mass is 526 g/mol. The van der Waals surface area contributed by atoms with Gasteiger partial charge in [-0.05, 0) is 42.2 Å². The quantitative estimate of drug-likeness (QED) is 0.372. The van der Waals surface area contributed by atoms with Crippen molar-refractivity contribution < 1.29 is 41.0 Å². The highest BCUT2D eigenvalue weighted by molar-refractivity contribution is 5.96. The van der Waals surface area contributed by atoms with E-state index in [-0.39, 0.29) is 41.4 Å². The molecule has 2 aromatic rings. The zero-order valence-electron chi connectivity index (χ0n) is 19.9. The van der Waals surface area contributed by atoms with E-state index in [0.29, 0.717) is 51.4 Å². The molecule has 11 heteroatoms. The molecule has 0 N–H and O–H groups in total. The number of urea groups is 1. The summed E-state index contributed by atoms with van der Waals surface area (Å²) in [6, 6.07) is 10.2. The van der Waals surface area contributed by atoms with Crippen molar-refractivity contribution in [2.45, 2.75) is 31.5 Å². The second kappa shape index (κ2) is 11.5. The number of likely N-dealkylation sites (tertiary alicyclic amines) is 1. The summed E-state index contributed by atoms with van der Waals surface area (Å²) in [5.41, 5.74) is 0.101. The molecule has 2 aliphatic heterocycles. The minimum absolute atomic E-state index is 0.0438. The number of hydrogen-bond acceptors (Lipinski definition) is 4. The van der Waals surface area contributed by atoms with E-state index in [1.807, 2.05) is 0 Å². The third-order valence-corrected chi connectivity index (χ3v) is 6.65. The Hall–Kier alpha value is -3.21. The van der Waals surface area contributed by atoms with E-state index < -0.39 is 18.4 Å². The van der Waals surface area contributed by atoms with Gasteiger partial charge < -0.3 is 19.3 Å². The van der Waals surface area contributed by atoms with E-state index >= 15 is 0 Å². The van der Waals surface area contributed by atoms with Crippen LogP contribution in [0.4, 0.5) is 26.7 Å². The Morgan fingerprint density at radius 3 is 2.35 bits per heavy atom. The fourth-order valence-electron chi connectivity index (χ4n) is 4.87. The van der Waals surface area contributed by atoms with Crippen LogP contribution in [0.3, 0.4) is 0 Å². The van der Waals surface area contributed by atoms with Gasteiger partial charge in [0.05, 0.1) is 18.8 Å². The van der Waals surface area contributed by atoms with Crippen LogP contribution in [-0.2, 0) is 10.9 Å². The van der Waals surface area contributed by atoms with Crippen LogP contribution in [0.2, 0.25) is 0 Å². The number of carbonyl (C=O) groups is 2. The molecule has 2 aliphatic rings. The number of piperidine rings is 1. The van der Waals surface area contributed by atoms with Crippen LogP contribution in [-0.4, -0.2) is 67.6 Å². The molecule has 6 nitrogen and oxygen atoms in total. The lowest BCUT2D eigenvalue weighted by atomic mass is 9.81. The fourth-order valence-corrected chi connectivity index (χ4v) is 4.87. The molecule has 2 heterocycles. The lowest BCUT2D eigenvalue weighted by Gasteiger charge is -2.41. The summed E-state index contributed by atoms with van der Waals surface area (Å²) in [4.78, 5) is 29.6. The lowest BCUT2D eigenvalue weighted by Crippen LogP contribution is -2.52. The zero-order chi connectivity index (χ0) is 26.6. The maximum atomic E-state index is 13.2. The van der Waals surface area contributed by atoms with Crippen LogP contribution in [0.15, 0.2) is 48.5 Å². The number of nitrogens with zero attached hydrogens (tertiary/aromatic N) is 2. The Morgan fingerprint density at radius 1 is 1.00 bits per heavy atom. The summed E-state index contributed by atoms with van der Waals surface area (Å²) < 4.78 is 74.0. The molecule has 4 rings (SSSR count). The molecule has 37 heavy (non-hydrogen) atoms. The molecular formula is C26H27F5N2O4. The van der Waals surface area contributed by atoms with Gasteiger partial charge in [-0.25, -0.2) is 4.79 Å². The van der Waals surface area contributed by atoms with Gasteiger partial charge in [-0.1, -0.05) is 24.3 Å². The van der Waals surface area contributed by atoms with Crippen molar-refractivity contribution in [1.29, 1.82) is 0 Å². The van der Waals surface area contributed by atoms with Crippen molar-refractivity contribution in [3.8, 4) is 5.75 Å². The number of rotatable bonds is 6. The average Bonchev–Trinajstić information content (AvgIpc) is 2.88. The first-order valence-electron chi connectivity index (χ1n) is 12.0. The highest BCUT2D eigenvalue weighted by Gasteiger charge is 2.35. The zero-order valence-corrected chi connectivity index (χ0v) is 19.9. The molecule has 0 radical (unpaired) electrons. The van der Waals surface area contributed by atoms with Gasteiger partial charge in [-0.2, -0.15) is 22.0 Å². The van der Waals surface area contributed by atoms with Crippen LogP contribution >= 0.6 is 0 Å². The van der Waals surface area contributed by atoms with E-state index in [0.717, 1.165) is 12.1 Å². The molecular weight excluding hydrogens is 499 g/mol. The van der Waals surface area contributed by atoms with E-state index in [1.165, 1.54) is 36.4 Å². The molecule has 0 aliphatic carbocycles. The summed E-state index contributed by atoms with van der Waals surface area (Å²) in [6.07, 6.45) is -3.93. The molecule has 0 bridgehead atoms. The molecule has 0 spiro atoms. The Balaban J connectivity index is 1.53. The van der Waals surface area contributed by atoms with Crippen LogP contribution in [0.1, 0.15) is 40.2 Å². The summed E-state index contributed by atoms with van der Waals surface area (Å²) in [5, 5.41) is 0. The second-order valence-corrected chi connectivity index (χ2v) is 9.24. The average molecular weight is 527 g/mol. The SMILES string of the molecule is O=C(CC1CC(c2ccc(C(F)(F)F)cc2)CN(C(=O)N2CCOCC2)C1)c1cccc(OC(F)F)c1. The number of carbonyl (C=O) groups excluding carboxylic acids is 2. The summed E-state index contributed by atoms with van der Waals surface area (Å²) in [7, 11) is 0. The fraction of sp³-hybridized carbons (Fsp3) is 0.462. The van der Waals surface area contributed by atoms with Gasteiger partial charge in [0.2, 0.25) is 0 Å². The van der Waals surface area contributed by atoms with Gasteiger partial charge in [-0.3, -0.25) is 4.79 Å². The third-order valence-electron chi connectivity index (χ3n) is 6.65. The van der Waals surface area contributed by atoms with Crippen molar-refractivity contribution in [3.05, 3.63) is 65.2 Å². The van der Waals surface area contributed by atoms with Gasteiger partial charge in [0.15, 0.2) is 5.78 Å². The number of amides is 2. The van der Waals surface area contributed by atoms with Gasteiger partial charge >= 0.3 is 18.8 Å². The van der Waals surface area contributed by atoms with E-state index in [2.05, 4.69) is 4.74 Å². The van der Waals surface area contributed by atoms with Crippen molar-refractivity contribution in [3.63, 3.8) is 0 Å². The van der Waals surface area contributed by atoms with Crippen molar-refractivity contribution in [2.24, 2.45) is 5.92 Å². The number of alkyl halides is 5. The number of ketones is 1. The largest absolute Gasteiger partial charge is 0.435 e. The Kier molecular flexibility index (Phi) is 8.31. The molecule has 2 fully saturated rings. The number of hydrogen-bond donors (Lipinski definition) is 0. The molecule has 200 valence electrons. The minimum atomic E-state index is -4.46. The third kappa shape index (κ3) is 6.97. The Labute approximate surface area is 210 Å². The molecule has 0 aromatic heterocycles. The summed E-state index contributed by atoms with van der Waals surface area (Å²) in [6.45, 7) is -0.715. The molecule has 2 unspecified atom stereocenters. The second-order valence-electron chi connectivity index (χ2n) is 9.24. The number of benzene rings is 2. The normalized spacial score (nSPS) is 20.7. The number of morpholine rings is 1.